The fourth-order valence-corrected chi connectivity index (χ4v) is 3.54. The second-order valence-corrected chi connectivity index (χ2v) is 5.77. The minimum absolute atomic E-state index is 0.377. The molecule has 2 aliphatic rings. The van der Waals surface area contributed by atoms with Crippen LogP contribution in [0.3, 0.4) is 0 Å². The van der Waals surface area contributed by atoms with Crippen LogP contribution in [0.1, 0.15) is 32.1 Å². The van der Waals surface area contributed by atoms with Gasteiger partial charge in [0.05, 0.1) is 12.7 Å². The Morgan fingerprint density at radius 1 is 1.42 bits per heavy atom. The summed E-state index contributed by atoms with van der Waals surface area (Å²) < 4.78 is 5.39. The zero-order chi connectivity index (χ0) is 13.3. The second kappa shape index (κ2) is 5.00. The van der Waals surface area contributed by atoms with Gasteiger partial charge in [0.1, 0.15) is 0 Å². The van der Waals surface area contributed by atoms with Crippen LogP contribution in [-0.2, 0) is 0 Å². The smallest absolute Gasteiger partial charge is 0.171 e. The maximum Gasteiger partial charge on any atom is 0.171 e. The summed E-state index contributed by atoms with van der Waals surface area (Å²) in [4.78, 5) is 6.72. The molecular formula is C15H22N2O2. The molecule has 3 rings (SSSR count). The monoisotopic (exact) mass is 262 g/mol. The molecule has 1 N–H and O–H groups in total. The van der Waals surface area contributed by atoms with Gasteiger partial charge in [-0.1, -0.05) is 12.8 Å². The van der Waals surface area contributed by atoms with Crippen molar-refractivity contribution in [1.29, 1.82) is 0 Å². The van der Waals surface area contributed by atoms with Crippen molar-refractivity contribution in [2.24, 2.45) is 5.92 Å². The van der Waals surface area contributed by atoms with Crippen LogP contribution in [-0.4, -0.2) is 35.9 Å². The van der Waals surface area contributed by atoms with Crippen molar-refractivity contribution in [2.45, 2.75) is 37.7 Å². The van der Waals surface area contributed by atoms with E-state index in [9.17, 15) is 5.11 Å². The summed E-state index contributed by atoms with van der Waals surface area (Å²) in [5.41, 5.74) is -0.434. The van der Waals surface area contributed by atoms with E-state index in [0.717, 1.165) is 43.9 Å². The van der Waals surface area contributed by atoms with E-state index in [0.29, 0.717) is 5.92 Å². The molecule has 0 radical (unpaired) electrons. The lowest BCUT2D eigenvalue weighted by Crippen LogP contribution is -2.53. The topological polar surface area (TPSA) is 45.6 Å². The van der Waals surface area contributed by atoms with Crippen molar-refractivity contribution in [3.05, 3.63) is 18.3 Å². The van der Waals surface area contributed by atoms with E-state index in [1.165, 1.54) is 12.8 Å². The molecule has 0 spiro atoms. The molecule has 1 aromatic heterocycles. The molecule has 104 valence electrons. The summed E-state index contributed by atoms with van der Waals surface area (Å²) in [7, 11) is 1.68. The summed E-state index contributed by atoms with van der Waals surface area (Å²) in [5, 5.41) is 10.7. The number of pyridine rings is 1. The first-order valence-electron chi connectivity index (χ1n) is 7.19. The molecule has 2 heterocycles. The molecule has 0 aromatic carbocycles. The predicted octanol–water partition coefficient (Wildman–Crippen LogP) is 2.22. The zero-order valence-electron chi connectivity index (χ0n) is 11.5. The van der Waals surface area contributed by atoms with Crippen LogP contribution in [0.2, 0.25) is 0 Å². The van der Waals surface area contributed by atoms with Crippen LogP contribution in [0.4, 0.5) is 5.82 Å². The molecule has 2 unspecified atom stereocenters. The number of methoxy groups -OCH3 is 1. The van der Waals surface area contributed by atoms with Crippen LogP contribution < -0.4 is 9.64 Å². The van der Waals surface area contributed by atoms with Crippen LogP contribution in [0.15, 0.2) is 18.3 Å². The minimum Gasteiger partial charge on any atom is -0.493 e. The minimum atomic E-state index is -0.434. The third-order valence-electron chi connectivity index (χ3n) is 4.70. The Morgan fingerprint density at radius 2 is 2.32 bits per heavy atom. The number of hydrogen-bond acceptors (Lipinski definition) is 4. The number of aliphatic hydroxyl groups is 1. The van der Waals surface area contributed by atoms with Gasteiger partial charge in [0, 0.05) is 25.2 Å². The number of anilines is 1. The first kappa shape index (κ1) is 12.7. The molecule has 4 heteroatoms. The van der Waals surface area contributed by atoms with E-state index in [4.69, 9.17) is 4.74 Å². The highest BCUT2D eigenvalue weighted by atomic mass is 16.5. The molecule has 1 aliphatic carbocycles. The van der Waals surface area contributed by atoms with E-state index in [1.807, 2.05) is 12.1 Å². The second-order valence-electron chi connectivity index (χ2n) is 5.77. The number of ether oxygens (including phenoxy) is 1. The maximum atomic E-state index is 10.7. The normalized spacial score (nSPS) is 30.8. The van der Waals surface area contributed by atoms with E-state index in [2.05, 4.69) is 9.88 Å². The average molecular weight is 262 g/mol. The van der Waals surface area contributed by atoms with Crippen LogP contribution in [0, 0.1) is 5.92 Å². The molecule has 1 saturated heterocycles. The van der Waals surface area contributed by atoms with E-state index >= 15 is 0 Å². The predicted molar refractivity (Wildman–Crippen MR) is 74.5 cm³/mol. The lowest BCUT2D eigenvalue weighted by atomic mass is 9.71. The summed E-state index contributed by atoms with van der Waals surface area (Å²) in [6.45, 7) is 1.75. The summed E-state index contributed by atoms with van der Waals surface area (Å²) in [6.07, 6.45) is 7.14. The fourth-order valence-electron chi connectivity index (χ4n) is 3.54. The van der Waals surface area contributed by atoms with Gasteiger partial charge in [-0.2, -0.15) is 0 Å². The van der Waals surface area contributed by atoms with E-state index < -0.39 is 5.60 Å². The third kappa shape index (κ3) is 2.29. The van der Waals surface area contributed by atoms with Gasteiger partial charge in [0.15, 0.2) is 11.6 Å². The molecule has 4 nitrogen and oxygen atoms in total. The van der Waals surface area contributed by atoms with Crippen LogP contribution >= 0.6 is 0 Å². The SMILES string of the molecule is COc1cccnc1N1CCC2(O)CCCCC2C1. The Labute approximate surface area is 114 Å². The van der Waals surface area contributed by atoms with Crippen molar-refractivity contribution in [3.63, 3.8) is 0 Å². The van der Waals surface area contributed by atoms with Gasteiger partial charge in [-0.15, -0.1) is 0 Å². The summed E-state index contributed by atoms with van der Waals surface area (Å²) >= 11 is 0. The first-order valence-corrected chi connectivity index (χ1v) is 7.19. The zero-order valence-corrected chi connectivity index (χ0v) is 11.5. The lowest BCUT2D eigenvalue weighted by Gasteiger charge is -2.47. The van der Waals surface area contributed by atoms with Crippen LogP contribution in [0.25, 0.3) is 0 Å². The molecule has 19 heavy (non-hydrogen) atoms. The standard InChI is InChI=1S/C15H22N2O2/c1-19-13-6-4-9-16-14(13)17-10-8-15(18)7-3-2-5-12(15)11-17/h4,6,9,12,18H,2-3,5,7-8,10-11H2,1H3. The van der Waals surface area contributed by atoms with Gasteiger partial charge < -0.3 is 14.7 Å². The molecule has 0 bridgehead atoms. The number of aromatic nitrogens is 1. The Bertz CT molecular complexity index is 452. The Morgan fingerprint density at radius 3 is 3.16 bits per heavy atom. The van der Waals surface area contributed by atoms with Crippen molar-refractivity contribution < 1.29 is 9.84 Å². The summed E-state index contributed by atoms with van der Waals surface area (Å²) in [5.74, 6) is 2.11. The Hall–Kier alpha value is -1.29. The highest BCUT2D eigenvalue weighted by molar-refractivity contribution is 5.52. The van der Waals surface area contributed by atoms with Gasteiger partial charge in [0.25, 0.3) is 0 Å². The van der Waals surface area contributed by atoms with Gasteiger partial charge >= 0.3 is 0 Å². The number of nitrogens with zero attached hydrogens (tertiary/aromatic N) is 2. The molecule has 0 amide bonds. The van der Waals surface area contributed by atoms with Crippen molar-refractivity contribution in [3.8, 4) is 5.75 Å². The van der Waals surface area contributed by atoms with Gasteiger partial charge in [-0.3, -0.25) is 0 Å². The van der Waals surface area contributed by atoms with Crippen molar-refractivity contribution in [1.82, 2.24) is 4.98 Å². The van der Waals surface area contributed by atoms with Crippen LogP contribution in [0.5, 0.6) is 5.75 Å². The van der Waals surface area contributed by atoms with Crippen molar-refractivity contribution >= 4 is 5.82 Å². The largest absolute Gasteiger partial charge is 0.493 e. The molecule has 2 fully saturated rings. The number of fused-ring (bicyclic) bond motifs is 1. The molecule has 1 aliphatic heterocycles. The van der Waals surface area contributed by atoms with Gasteiger partial charge in [0.2, 0.25) is 0 Å². The number of piperidine rings is 1. The molecule has 1 saturated carbocycles. The maximum absolute atomic E-state index is 10.7. The molecule has 2 atom stereocenters. The van der Waals surface area contributed by atoms with Gasteiger partial charge in [-0.25, -0.2) is 4.98 Å². The third-order valence-corrected chi connectivity index (χ3v) is 4.70. The Kier molecular flexibility index (Phi) is 3.35. The van der Waals surface area contributed by atoms with Crippen molar-refractivity contribution in [2.75, 3.05) is 25.1 Å². The van der Waals surface area contributed by atoms with E-state index in [-0.39, 0.29) is 0 Å². The summed E-state index contributed by atoms with van der Waals surface area (Å²) in [6, 6.07) is 3.84. The molecule has 1 aromatic rings. The van der Waals surface area contributed by atoms with E-state index in [1.54, 1.807) is 13.3 Å². The number of hydrogen-bond donors (Lipinski definition) is 1. The fraction of sp³-hybridized carbons (Fsp3) is 0.667. The average Bonchev–Trinajstić information content (AvgIpc) is 2.46. The van der Waals surface area contributed by atoms with Gasteiger partial charge in [-0.05, 0) is 31.4 Å². The number of rotatable bonds is 2. The highest BCUT2D eigenvalue weighted by Crippen LogP contribution is 2.41. The molecular weight excluding hydrogens is 240 g/mol. The Balaban J connectivity index is 1.81. The lowest BCUT2D eigenvalue weighted by molar-refractivity contribution is -0.0614. The highest BCUT2D eigenvalue weighted by Gasteiger charge is 2.43. The quantitative estimate of drug-likeness (QED) is 0.887. The first-order chi connectivity index (χ1) is 9.23.